The highest BCUT2D eigenvalue weighted by Gasteiger charge is 2.30. The molecule has 0 aromatic heterocycles. The Labute approximate surface area is 207 Å². The van der Waals surface area contributed by atoms with Crippen LogP contribution in [0.2, 0.25) is 0 Å². The second-order valence-corrected chi connectivity index (χ2v) is 9.70. The molecule has 3 aromatic carbocycles. The van der Waals surface area contributed by atoms with E-state index in [-0.39, 0.29) is 18.0 Å². The lowest BCUT2D eigenvalue weighted by molar-refractivity contribution is 0.145. The maximum absolute atomic E-state index is 13.1. The Morgan fingerprint density at radius 3 is 1.77 bits per heavy atom. The normalized spacial score (nSPS) is 11.3. The molecule has 0 saturated carbocycles. The van der Waals surface area contributed by atoms with Crippen LogP contribution in [0.25, 0.3) is 0 Å². The summed E-state index contributed by atoms with van der Waals surface area (Å²) < 4.78 is 37.8. The van der Waals surface area contributed by atoms with Crippen molar-refractivity contribution in [3.8, 4) is 35.7 Å². The van der Waals surface area contributed by atoms with Gasteiger partial charge in [0.15, 0.2) is 5.60 Å². The number of terminal acetylenes is 1. The standard InChI is InChI=1S/C28H27NO5S/c1-5-20-29(35(31,32)27-17-7-22(2)8-18-27)21-6-19-28(30,23-9-13-25(33-3)14-10-23)24-11-15-26(34-4)16-12-24/h1,7-18,30H,20-21H2,2-4H3. The van der Waals surface area contributed by atoms with E-state index in [1.54, 1.807) is 74.9 Å². The van der Waals surface area contributed by atoms with Crippen molar-refractivity contribution in [1.29, 1.82) is 0 Å². The summed E-state index contributed by atoms with van der Waals surface area (Å²) in [5.74, 6) is 9.35. The fraction of sp³-hybridized carbons (Fsp3) is 0.214. The molecule has 0 aliphatic carbocycles. The molecule has 0 fully saturated rings. The first kappa shape index (κ1) is 25.9. The number of ether oxygens (including phenoxy) is 2. The van der Waals surface area contributed by atoms with Crippen molar-refractivity contribution in [3.63, 3.8) is 0 Å². The largest absolute Gasteiger partial charge is 0.497 e. The summed E-state index contributed by atoms with van der Waals surface area (Å²) >= 11 is 0. The van der Waals surface area contributed by atoms with Crippen LogP contribution in [-0.4, -0.2) is 45.1 Å². The molecule has 0 saturated heterocycles. The van der Waals surface area contributed by atoms with Crippen molar-refractivity contribution in [3.05, 3.63) is 89.5 Å². The van der Waals surface area contributed by atoms with Crippen molar-refractivity contribution >= 4 is 10.0 Å². The summed E-state index contributed by atoms with van der Waals surface area (Å²) in [7, 11) is -0.762. The number of hydrogen-bond donors (Lipinski definition) is 1. The number of sulfonamides is 1. The van der Waals surface area contributed by atoms with E-state index in [2.05, 4.69) is 17.8 Å². The number of aryl methyl sites for hydroxylation is 1. The molecule has 180 valence electrons. The molecule has 0 aliphatic heterocycles. The molecular weight excluding hydrogens is 462 g/mol. The molecule has 6 nitrogen and oxygen atoms in total. The predicted octanol–water partition coefficient (Wildman–Crippen LogP) is 3.58. The van der Waals surface area contributed by atoms with E-state index in [1.807, 2.05) is 6.92 Å². The van der Waals surface area contributed by atoms with Gasteiger partial charge in [-0.1, -0.05) is 59.7 Å². The van der Waals surface area contributed by atoms with Crippen molar-refractivity contribution in [1.82, 2.24) is 4.31 Å². The minimum absolute atomic E-state index is 0.126. The third-order valence-corrected chi connectivity index (χ3v) is 7.27. The number of hydrogen-bond acceptors (Lipinski definition) is 5. The third kappa shape index (κ3) is 5.85. The van der Waals surface area contributed by atoms with Gasteiger partial charge < -0.3 is 14.6 Å². The van der Waals surface area contributed by atoms with E-state index in [4.69, 9.17) is 15.9 Å². The van der Waals surface area contributed by atoms with E-state index in [1.165, 1.54) is 12.1 Å². The van der Waals surface area contributed by atoms with Crippen LogP contribution < -0.4 is 9.47 Å². The topological polar surface area (TPSA) is 76.1 Å². The predicted molar refractivity (Wildman–Crippen MR) is 136 cm³/mol. The molecule has 0 atom stereocenters. The molecule has 7 heteroatoms. The first-order chi connectivity index (χ1) is 16.7. The summed E-state index contributed by atoms with van der Waals surface area (Å²) in [6, 6.07) is 20.2. The lowest BCUT2D eigenvalue weighted by Gasteiger charge is -2.24. The fourth-order valence-electron chi connectivity index (χ4n) is 3.42. The van der Waals surface area contributed by atoms with Gasteiger partial charge in [0, 0.05) is 11.1 Å². The third-order valence-electron chi connectivity index (χ3n) is 5.47. The number of rotatable bonds is 8. The Hall–Kier alpha value is -3.75. The zero-order valence-corrected chi connectivity index (χ0v) is 20.7. The lowest BCUT2D eigenvalue weighted by atomic mass is 9.86. The highest BCUT2D eigenvalue weighted by molar-refractivity contribution is 7.89. The summed E-state index contributed by atoms with van der Waals surface area (Å²) in [6.07, 6.45) is 5.45. The van der Waals surface area contributed by atoms with Gasteiger partial charge in [0.05, 0.1) is 32.2 Å². The summed E-state index contributed by atoms with van der Waals surface area (Å²) in [5, 5.41) is 11.7. The highest BCUT2D eigenvalue weighted by atomic mass is 32.2. The van der Waals surface area contributed by atoms with Crippen LogP contribution in [-0.2, 0) is 15.6 Å². The van der Waals surface area contributed by atoms with Crippen molar-refractivity contribution in [2.75, 3.05) is 27.3 Å². The quantitative estimate of drug-likeness (QED) is 0.490. The Kier molecular flexibility index (Phi) is 8.22. The first-order valence-corrected chi connectivity index (χ1v) is 12.2. The Bertz CT molecular complexity index is 1300. The van der Waals surface area contributed by atoms with Crippen LogP contribution in [0.3, 0.4) is 0 Å². The van der Waals surface area contributed by atoms with Gasteiger partial charge in [0.25, 0.3) is 0 Å². The second-order valence-electron chi connectivity index (χ2n) is 7.76. The molecule has 35 heavy (non-hydrogen) atoms. The fourth-order valence-corrected chi connectivity index (χ4v) is 4.68. The minimum Gasteiger partial charge on any atom is -0.497 e. The molecule has 0 aliphatic rings. The van der Waals surface area contributed by atoms with E-state index < -0.39 is 15.6 Å². The molecule has 0 spiro atoms. The Morgan fingerprint density at radius 1 is 0.857 bits per heavy atom. The van der Waals surface area contributed by atoms with Crippen LogP contribution in [0, 0.1) is 31.1 Å². The minimum atomic E-state index is -3.87. The van der Waals surface area contributed by atoms with Crippen molar-refractivity contribution in [2.24, 2.45) is 0 Å². The SMILES string of the molecule is C#CCN(CC#CC(O)(c1ccc(OC)cc1)c1ccc(OC)cc1)S(=O)(=O)c1ccc(C)cc1. The summed E-state index contributed by atoms with van der Waals surface area (Å²) in [4.78, 5) is 0.126. The van der Waals surface area contributed by atoms with Gasteiger partial charge in [-0.3, -0.25) is 0 Å². The van der Waals surface area contributed by atoms with Crippen molar-refractivity contribution < 1.29 is 23.0 Å². The average molecular weight is 490 g/mol. The second kappa shape index (κ2) is 11.1. The molecule has 0 bridgehead atoms. The van der Waals surface area contributed by atoms with E-state index in [0.717, 1.165) is 9.87 Å². The molecule has 1 N–H and O–H groups in total. The first-order valence-electron chi connectivity index (χ1n) is 10.8. The molecule has 0 unspecified atom stereocenters. The monoisotopic (exact) mass is 489 g/mol. The van der Waals surface area contributed by atoms with Crippen LogP contribution in [0.15, 0.2) is 77.7 Å². The van der Waals surface area contributed by atoms with Crippen LogP contribution in [0.4, 0.5) is 0 Å². The molecule has 3 aromatic rings. The van der Waals surface area contributed by atoms with Gasteiger partial charge in [-0.2, -0.15) is 4.31 Å². The molecule has 0 radical (unpaired) electrons. The molecular formula is C28H27NO5S. The van der Waals surface area contributed by atoms with E-state index >= 15 is 0 Å². The van der Waals surface area contributed by atoms with Gasteiger partial charge in [0.2, 0.25) is 10.0 Å². The summed E-state index contributed by atoms with van der Waals surface area (Å²) in [5.41, 5.74) is 0.228. The van der Waals surface area contributed by atoms with Crippen molar-refractivity contribution in [2.45, 2.75) is 17.4 Å². The number of methoxy groups -OCH3 is 2. The van der Waals surface area contributed by atoms with Crippen LogP contribution in [0.5, 0.6) is 11.5 Å². The molecule has 0 heterocycles. The zero-order chi connectivity index (χ0) is 25.5. The average Bonchev–Trinajstić information content (AvgIpc) is 2.88. The van der Waals surface area contributed by atoms with Gasteiger partial charge >= 0.3 is 0 Å². The maximum atomic E-state index is 13.1. The Morgan fingerprint density at radius 2 is 1.34 bits per heavy atom. The van der Waals surface area contributed by atoms with Gasteiger partial charge in [-0.15, -0.1) is 6.42 Å². The zero-order valence-electron chi connectivity index (χ0n) is 19.9. The maximum Gasteiger partial charge on any atom is 0.244 e. The smallest absolute Gasteiger partial charge is 0.244 e. The van der Waals surface area contributed by atoms with Gasteiger partial charge in [0.1, 0.15) is 11.5 Å². The highest BCUT2D eigenvalue weighted by Crippen LogP contribution is 2.31. The number of benzene rings is 3. The van der Waals surface area contributed by atoms with Gasteiger partial charge in [-0.25, -0.2) is 8.42 Å². The van der Waals surface area contributed by atoms with E-state index in [0.29, 0.717) is 22.6 Å². The van der Waals surface area contributed by atoms with E-state index in [9.17, 15) is 13.5 Å². The Balaban J connectivity index is 2.00. The van der Waals surface area contributed by atoms with Crippen LogP contribution in [0.1, 0.15) is 16.7 Å². The lowest BCUT2D eigenvalue weighted by Crippen LogP contribution is -2.32. The molecule has 3 rings (SSSR count). The number of nitrogens with zero attached hydrogens (tertiary/aromatic N) is 1. The number of aliphatic hydroxyl groups is 1. The molecule has 0 amide bonds. The van der Waals surface area contributed by atoms with Gasteiger partial charge in [-0.05, 0) is 43.3 Å². The summed E-state index contributed by atoms with van der Waals surface area (Å²) in [6.45, 7) is 1.52. The van der Waals surface area contributed by atoms with Crippen LogP contribution >= 0.6 is 0 Å².